The molecular formula is C11H18N4O. The van der Waals surface area contributed by atoms with Crippen molar-refractivity contribution >= 4 is 5.91 Å². The largest absolute Gasteiger partial charge is 0.350 e. The molecule has 0 unspecified atom stereocenters. The number of hydrogen-bond donors (Lipinski definition) is 2. The second-order valence-electron chi connectivity index (χ2n) is 4.50. The van der Waals surface area contributed by atoms with Crippen LogP contribution in [0.2, 0.25) is 0 Å². The van der Waals surface area contributed by atoms with Crippen LogP contribution >= 0.6 is 0 Å². The lowest BCUT2D eigenvalue weighted by Crippen LogP contribution is -2.50. The van der Waals surface area contributed by atoms with Crippen LogP contribution in [0.1, 0.15) is 25.0 Å². The molecule has 88 valence electrons. The fourth-order valence-electron chi connectivity index (χ4n) is 2.04. The average Bonchev–Trinajstić information content (AvgIpc) is 2.60. The predicted octanol–water partition coefficient (Wildman–Crippen LogP) is 0.165. The molecule has 0 spiro atoms. The summed E-state index contributed by atoms with van der Waals surface area (Å²) in [5.74, 6) is 0.0758. The van der Waals surface area contributed by atoms with Crippen molar-refractivity contribution < 1.29 is 4.79 Å². The van der Waals surface area contributed by atoms with Crippen LogP contribution in [0.25, 0.3) is 0 Å². The van der Waals surface area contributed by atoms with Crippen LogP contribution in [0.15, 0.2) is 12.3 Å². The smallest absolute Gasteiger partial charge is 0.227 e. The summed E-state index contributed by atoms with van der Waals surface area (Å²) in [6.07, 6.45) is 4.80. The first kappa shape index (κ1) is 11.1. The molecule has 5 nitrogen and oxygen atoms in total. The van der Waals surface area contributed by atoms with Crippen molar-refractivity contribution in [1.82, 2.24) is 15.1 Å². The normalized spacial score (nSPS) is 17.9. The highest BCUT2D eigenvalue weighted by Crippen LogP contribution is 2.39. The van der Waals surface area contributed by atoms with Crippen LogP contribution in [0.5, 0.6) is 0 Å². The number of rotatable bonds is 4. The molecule has 1 fully saturated rings. The van der Waals surface area contributed by atoms with E-state index in [2.05, 4.69) is 10.4 Å². The van der Waals surface area contributed by atoms with Gasteiger partial charge in [-0.15, -0.1) is 0 Å². The first-order chi connectivity index (χ1) is 7.66. The first-order valence-electron chi connectivity index (χ1n) is 5.63. The van der Waals surface area contributed by atoms with Crippen molar-refractivity contribution in [1.29, 1.82) is 0 Å². The second kappa shape index (κ2) is 4.25. The maximum atomic E-state index is 11.9. The quantitative estimate of drug-likeness (QED) is 0.762. The maximum absolute atomic E-state index is 11.9. The SMILES string of the molecule is Cn1ccc(CNC(=O)C2(CN)CCC2)n1. The minimum Gasteiger partial charge on any atom is -0.350 e. The fourth-order valence-corrected chi connectivity index (χ4v) is 2.04. The number of nitrogens with two attached hydrogens (primary N) is 1. The molecule has 0 aliphatic heterocycles. The first-order valence-corrected chi connectivity index (χ1v) is 5.63. The van der Waals surface area contributed by atoms with E-state index >= 15 is 0 Å². The number of aromatic nitrogens is 2. The van der Waals surface area contributed by atoms with Crippen molar-refractivity contribution in [2.45, 2.75) is 25.8 Å². The van der Waals surface area contributed by atoms with E-state index in [0.717, 1.165) is 25.0 Å². The Hall–Kier alpha value is -1.36. The molecule has 0 radical (unpaired) electrons. The molecule has 1 aliphatic rings. The highest BCUT2D eigenvalue weighted by molar-refractivity contribution is 5.83. The molecule has 2 rings (SSSR count). The molecular weight excluding hydrogens is 204 g/mol. The van der Waals surface area contributed by atoms with Crippen LogP contribution in [0, 0.1) is 5.41 Å². The third-order valence-corrected chi connectivity index (χ3v) is 3.38. The van der Waals surface area contributed by atoms with Gasteiger partial charge in [0.1, 0.15) is 0 Å². The summed E-state index contributed by atoms with van der Waals surface area (Å²) in [4.78, 5) is 11.9. The standard InChI is InChI=1S/C11H18N4O/c1-15-6-3-9(14-15)7-13-10(16)11(8-12)4-2-5-11/h3,6H,2,4-5,7-8,12H2,1H3,(H,13,16). The summed E-state index contributed by atoms with van der Waals surface area (Å²) in [5, 5.41) is 7.12. The molecule has 1 amide bonds. The molecule has 0 aromatic carbocycles. The van der Waals surface area contributed by atoms with Gasteiger partial charge in [-0.1, -0.05) is 6.42 Å². The van der Waals surface area contributed by atoms with Gasteiger partial charge in [0.05, 0.1) is 17.7 Å². The second-order valence-corrected chi connectivity index (χ2v) is 4.50. The van der Waals surface area contributed by atoms with Gasteiger partial charge >= 0.3 is 0 Å². The summed E-state index contributed by atoms with van der Waals surface area (Å²) in [5.41, 5.74) is 6.24. The van der Waals surface area contributed by atoms with Gasteiger partial charge < -0.3 is 11.1 Å². The number of carbonyl (C=O) groups is 1. The Balaban J connectivity index is 1.88. The van der Waals surface area contributed by atoms with E-state index in [4.69, 9.17) is 5.73 Å². The molecule has 1 aromatic rings. The Morgan fingerprint density at radius 3 is 2.88 bits per heavy atom. The Bertz CT molecular complexity index is 376. The Morgan fingerprint density at radius 2 is 2.44 bits per heavy atom. The van der Waals surface area contributed by atoms with Gasteiger partial charge in [-0.05, 0) is 18.9 Å². The topological polar surface area (TPSA) is 72.9 Å². The Labute approximate surface area is 95.0 Å². The van der Waals surface area contributed by atoms with E-state index < -0.39 is 0 Å². The van der Waals surface area contributed by atoms with E-state index in [1.807, 2.05) is 19.3 Å². The van der Waals surface area contributed by atoms with Crippen molar-refractivity contribution in [3.05, 3.63) is 18.0 Å². The zero-order valence-corrected chi connectivity index (χ0v) is 9.57. The summed E-state index contributed by atoms with van der Waals surface area (Å²) in [7, 11) is 1.86. The highest BCUT2D eigenvalue weighted by atomic mass is 16.2. The van der Waals surface area contributed by atoms with Crippen molar-refractivity contribution in [3.8, 4) is 0 Å². The number of carbonyl (C=O) groups excluding carboxylic acids is 1. The van der Waals surface area contributed by atoms with E-state index in [9.17, 15) is 4.79 Å². The molecule has 0 atom stereocenters. The predicted molar refractivity (Wildman–Crippen MR) is 60.4 cm³/mol. The molecule has 1 saturated carbocycles. The minimum atomic E-state index is -0.297. The van der Waals surface area contributed by atoms with Gasteiger partial charge in [0, 0.05) is 19.8 Å². The summed E-state index contributed by atoms with van der Waals surface area (Å²) < 4.78 is 1.73. The highest BCUT2D eigenvalue weighted by Gasteiger charge is 2.42. The molecule has 0 saturated heterocycles. The van der Waals surface area contributed by atoms with Crippen LogP contribution in [-0.2, 0) is 18.4 Å². The van der Waals surface area contributed by atoms with Gasteiger partial charge in [-0.25, -0.2) is 0 Å². The summed E-state index contributed by atoms with van der Waals surface area (Å²) in [6, 6.07) is 1.90. The fraction of sp³-hybridized carbons (Fsp3) is 0.636. The Kier molecular flexibility index (Phi) is 2.96. The molecule has 16 heavy (non-hydrogen) atoms. The molecule has 0 bridgehead atoms. The Morgan fingerprint density at radius 1 is 1.69 bits per heavy atom. The third kappa shape index (κ3) is 1.95. The van der Waals surface area contributed by atoms with Gasteiger partial charge in [0.25, 0.3) is 0 Å². The van der Waals surface area contributed by atoms with Crippen LogP contribution in [0.3, 0.4) is 0 Å². The van der Waals surface area contributed by atoms with Crippen molar-refractivity contribution in [3.63, 3.8) is 0 Å². The van der Waals surface area contributed by atoms with Gasteiger partial charge in [0.15, 0.2) is 0 Å². The lowest BCUT2D eigenvalue weighted by molar-refractivity contribution is -0.135. The monoisotopic (exact) mass is 222 g/mol. The van der Waals surface area contributed by atoms with Crippen LogP contribution < -0.4 is 11.1 Å². The number of nitrogens with zero attached hydrogens (tertiary/aromatic N) is 2. The lowest BCUT2D eigenvalue weighted by Gasteiger charge is -2.38. The molecule has 1 aliphatic carbocycles. The van der Waals surface area contributed by atoms with Gasteiger partial charge in [-0.3, -0.25) is 9.48 Å². The van der Waals surface area contributed by atoms with Gasteiger partial charge in [-0.2, -0.15) is 5.10 Å². The van der Waals surface area contributed by atoms with Crippen molar-refractivity contribution in [2.24, 2.45) is 18.2 Å². The zero-order chi connectivity index (χ0) is 11.6. The number of nitrogens with one attached hydrogen (secondary N) is 1. The van der Waals surface area contributed by atoms with Crippen molar-refractivity contribution in [2.75, 3.05) is 6.54 Å². The van der Waals surface area contributed by atoms with E-state index in [1.54, 1.807) is 4.68 Å². The van der Waals surface area contributed by atoms with Crippen LogP contribution in [-0.4, -0.2) is 22.2 Å². The van der Waals surface area contributed by atoms with E-state index in [0.29, 0.717) is 13.1 Å². The number of amides is 1. The molecule has 1 heterocycles. The molecule has 5 heteroatoms. The van der Waals surface area contributed by atoms with Crippen LogP contribution in [0.4, 0.5) is 0 Å². The van der Waals surface area contributed by atoms with E-state index in [-0.39, 0.29) is 11.3 Å². The summed E-state index contributed by atoms with van der Waals surface area (Å²) in [6.45, 7) is 0.933. The van der Waals surface area contributed by atoms with Gasteiger partial charge in [0.2, 0.25) is 5.91 Å². The maximum Gasteiger partial charge on any atom is 0.227 e. The third-order valence-electron chi connectivity index (χ3n) is 3.38. The average molecular weight is 222 g/mol. The molecule has 3 N–H and O–H groups in total. The lowest BCUT2D eigenvalue weighted by atomic mass is 9.68. The number of hydrogen-bond acceptors (Lipinski definition) is 3. The molecule has 1 aromatic heterocycles. The zero-order valence-electron chi connectivity index (χ0n) is 9.57. The van der Waals surface area contributed by atoms with E-state index in [1.165, 1.54) is 0 Å². The minimum absolute atomic E-state index is 0.0758. The number of aryl methyl sites for hydroxylation is 1. The summed E-state index contributed by atoms with van der Waals surface area (Å²) >= 11 is 0.